The average Bonchev–Trinajstić information content (AvgIpc) is 2.94. The molecule has 0 heterocycles. The van der Waals surface area contributed by atoms with E-state index >= 15 is 0 Å². The van der Waals surface area contributed by atoms with Crippen LogP contribution in [-0.4, -0.2) is 57.1 Å². The van der Waals surface area contributed by atoms with E-state index in [1.54, 1.807) is 36.4 Å². The highest BCUT2D eigenvalue weighted by molar-refractivity contribution is 7.92. The monoisotopic (exact) mass is 583 g/mol. The lowest BCUT2D eigenvalue weighted by atomic mass is 10.0. The van der Waals surface area contributed by atoms with Gasteiger partial charge < -0.3 is 15.0 Å². The van der Waals surface area contributed by atoms with Crippen LogP contribution in [0.5, 0.6) is 5.75 Å². The van der Waals surface area contributed by atoms with Gasteiger partial charge in [-0.15, -0.1) is 0 Å². The third kappa shape index (κ3) is 9.60. The van der Waals surface area contributed by atoms with Gasteiger partial charge in [0.1, 0.15) is 17.6 Å². The summed E-state index contributed by atoms with van der Waals surface area (Å²) in [5.74, 6) is -0.363. The summed E-state index contributed by atoms with van der Waals surface area (Å²) in [5.41, 5.74) is 2.03. The Hall–Kier alpha value is -3.92. The zero-order valence-corrected chi connectivity index (χ0v) is 24.6. The first-order valence-electron chi connectivity index (χ1n) is 13.7. The van der Waals surface area contributed by atoms with Crippen LogP contribution in [0.3, 0.4) is 0 Å². The van der Waals surface area contributed by atoms with Crippen LogP contribution in [0.25, 0.3) is 0 Å². The lowest BCUT2D eigenvalue weighted by Gasteiger charge is -2.32. The molecule has 0 aliphatic rings. The van der Waals surface area contributed by atoms with E-state index in [2.05, 4.69) is 5.32 Å². The highest BCUT2D eigenvalue weighted by Gasteiger charge is 2.30. The number of nitrogens with one attached hydrogen (secondary N) is 1. The number of amides is 2. The number of ether oxygens (including phenoxy) is 1. The molecule has 3 aromatic carbocycles. The van der Waals surface area contributed by atoms with Crippen LogP contribution in [-0.2, 0) is 32.6 Å². The van der Waals surface area contributed by atoms with Crippen LogP contribution in [0.1, 0.15) is 37.8 Å². The van der Waals surface area contributed by atoms with Crippen LogP contribution < -0.4 is 14.4 Å². The van der Waals surface area contributed by atoms with Gasteiger partial charge in [-0.2, -0.15) is 0 Å². The fourth-order valence-corrected chi connectivity index (χ4v) is 5.48. The smallest absolute Gasteiger partial charge is 0.243 e. The molecule has 0 fully saturated rings. The van der Waals surface area contributed by atoms with Crippen LogP contribution in [0.15, 0.2) is 78.9 Å². The van der Waals surface area contributed by atoms with Crippen molar-refractivity contribution in [2.45, 2.75) is 45.7 Å². The van der Waals surface area contributed by atoms with Gasteiger partial charge in [-0.3, -0.25) is 13.9 Å². The lowest BCUT2D eigenvalue weighted by molar-refractivity contribution is -0.141. The van der Waals surface area contributed by atoms with Gasteiger partial charge in [-0.05, 0) is 67.8 Å². The summed E-state index contributed by atoms with van der Waals surface area (Å²) in [4.78, 5) is 28.5. The highest BCUT2D eigenvalue weighted by atomic mass is 32.2. The van der Waals surface area contributed by atoms with Crippen LogP contribution in [0.2, 0.25) is 0 Å². The molecule has 1 atom stereocenters. The van der Waals surface area contributed by atoms with Gasteiger partial charge in [-0.25, -0.2) is 12.8 Å². The van der Waals surface area contributed by atoms with Crippen molar-refractivity contribution in [2.75, 3.05) is 30.3 Å². The summed E-state index contributed by atoms with van der Waals surface area (Å²) in [7, 11) is -3.62. The maximum Gasteiger partial charge on any atom is 0.243 e. The number of sulfonamides is 1. The molecule has 0 aliphatic heterocycles. The first-order chi connectivity index (χ1) is 19.6. The molecule has 0 bridgehead atoms. The third-order valence-electron chi connectivity index (χ3n) is 6.48. The van der Waals surface area contributed by atoms with E-state index in [4.69, 9.17) is 4.74 Å². The van der Waals surface area contributed by atoms with E-state index in [1.807, 2.05) is 44.2 Å². The number of anilines is 1. The standard InChI is InChI=1S/C31H38FN3O5S/c1-4-33-31(37)29(22-24-10-7-6-8-11-24)34(23-25-13-15-26(32)16-14-25)30(36)12-9-21-35(41(3,38)39)27-17-19-28(20-18-27)40-5-2/h6-8,10-11,13-20,29H,4-5,9,12,21-23H2,1-3H3,(H,33,37). The molecule has 0 saturated heterocycles. The summed E-state index contributed by atoms with van der Waals surface area (Å²) in [6, 6.07) is 21.1. The van der Waals surface area contributed by atoms with Crippen molar-refractivity contribution in [3.8, 4) is 5.75 Å². The first kappa shape index (κ1) is 31.6. The Balaban J connectivity index is 1.83. The molecular weight excluding hydrogens is 545 g/mol. The molecule has 0 spiro atoms. The number of rotatable bonds is 15. The molecule has 0 radical (unpaired) electrons. The second-order valence-electron chi connectivity index (χ2n) is 9.61. The molecular formula is C31H38FN3O5S. The maximum absolute atomic E-state index is 13.7. The van der Waals surface area contributed by atoms with E-state index in [9.17, 15) is 22.4 Å². The Morgan fingerprint density at radius 3 is 2.17 bits per heavy atom. The molecule has 2 amide bonds. The number of carbonyl (C=O) groups excluding carboxylic acids is 2. The molecule has 41 heavy (non-hydrogen) atoms. The molecule has 1 unspecified atom stereocenters. The fourth-order valence-electron chi connectivity index (χ4n) is 4.51. The summed E-state index contributed by atoms with van der Waals surface area (Å²) >= 11 is 0. The van der Waals surface area contributed by atoms with Gasteiger partial charge in [0.25, 0.3) is 0 Å². The number of halogens is 1. The van der Waals surface area contributed by atoms with E-state index in [1.165, 1.54) is 21.3 Å². The van der Waals surface area contributed by atoms with Crippen LogP contribution in [0, 0.1) is 5.82 Å². The van der Waals surface area contributed by atoms with Gasteiger partial charge in [0.15, 0.2) is 0 Å². The van der Waals surface area contributed by atoms with Gasteiger partial charge in [0, 0.05) is 32.5 Å². The van der Waals surface area contributed by atoms with Crippen molar-refractivity contribution < 1.29 is 27.1 Å². The topological polar surface area (TPSA) is 96.0 Å². The van der Waals surface area contributed by atoms with Crippen molar-refractivity contribution in [1.82, 2.24) is 10.2 Å². The molecule has 8 nitrogen and oxygen atoms in total. The Bertz CT molecular complexity index is 1370. The molecule has 3 aromatic rings. The minimum absolute atomic E-state index is 0.00887. The summed E-state index contributed by atoms with van der Waals surface area (Å²) in [5, 5.41) is 2.83. The van der Waals surface area contributed by atoms with E-state index in [-0.39, 0.29) is 37.7 Å². The van der Waals surface area contributed by atoms with E-state index < -0.39 is 21.9 Å². The zero-order valence-electron chi connectivity index (χ0n) is 23.8. The summed E-state index contributed by atoms with van der Waals surface area (Å²) in [6.45, 7) is 4.74. The fraction of sp³-hybridized carbons (Fsp3) is 0.355. The van der Waals surface area contributed by atoms with Crippen molar-refractivity contribution in [1.29, 1.82) is 0 Å². The van der Waals surface area contributed by atoms with Crippen molar-refractivity contribution in [3.05, 3.63) is 95.8 Å². The maximum atomic E-state index is 13.7. The largest absolute Gasteiger partial charge is 0.494 e. The first-order valence-corrected chi connectivity index (χ1v) is 15.5. The minimum atomic E-state index is -3.62. The molecule has 0 aliphatic carbocycles. The predicted octanol–water partition coefficient (Wildman–Crippen LogP) is 4.55. The van der Waals surface area contributed by atoms with E-state index in [0.29, 0.717) is 36.6 Å². The molecule has 0 saturated carbocycles. The molecule has 220 valence electrons. The van der Waals surface area contributed by atoms with Gasteiger partial charge in [-0.1, -0.05) is 42.5 Å². The number of carbonyl (C=O) groups is 2. The Kier molecular flexibility index (Phi) is 11.7. The van der Waals surface area contributed by atoms with Crippen molar-refractivity contribution >= 4 is 27.5 Å². The van der Waals surface area contributed by atoms with Gasteiger partial charge in [0.05, 0.1) is 18.6 Å². The van der Waals surface area contributed by atoms with Crippen molar-refractivity contribution in [2.24, 2.45) is 0 Å². The molecule has 10 heteroatoms. The summed E-state index contributed by atoms with van der Waals surface area (Å²) in [6.07, 6.45) is 1.65. The zero-order chi connectivity index (χ0) is 29.8. The van der Waals surface area contributed by atoms with Gasteiger partial charge in [0.2, 0.25) is 21.8 Å². The number of hydrogen-bond acceptors (Lipinski definition) is 5. The van der Waals surface area contributed by atoms with Crippen LogP contribution >= 0.6 is 0 Å². The quantitative estimate of drug-likeness (QED) is 0.283. The molecule has 1 N–H and O–H groups in total. The van der Waals surface area contributed by atoms with Crippen LogP contribution in [0.4, 0.5) is 10.1 Å². The minimum Gasteiger partial charge on any atom is -0.494 e. The second-order valence-corrected chi connectivity index (χ2v) is 11.5. The van der Waals surface area contributed by atoms with E-state index in [0.717, 1.165) is 11.8 Å². The highest BCUT2D eigenvalue weighted by Crippen LogP contribution is 2.23. The third-order valence-corrected chi connectivity index (χ3v) is 7.67. The SMILES string of the molecule is CCNC(=O)C(Cc1ccccc1)N(Cc1ccc(F)cc1)C(=O)CCCN(c1ccc(OCC)cc1)S(C)(=O)=O. The van der Waals surface area contributed by atoms with Crippen molar-refractivity contribution in [3.63, 3.8) is 0 Å². The van der Waals surface area contributed by atoms with Gasteiger partial charge >= 0.3 is 0 Å². The lowest BCUT2D eigenvalue weighted by Crippen LogP contribution is -2.50. The Morgan fingerprint density at radius 2 is 1.59 bits per heavy atom. The Morgan fingerprint density at radius 1 is 0.927 bits per heavy atom. The number of nitrogens with zero attached hydrogens (tertiary/aromatic N) is 2. The summed E-state index contributed by atoms with van der Waals surface area (Å²) < 4.78 is 45.5. The normalized spacial score (nSPS) is 11.9. The molecule has 0 aromatic heterocycles. The predicted molar refractivity (Wildman–Crippen MR) is 159 cm³/mol. The average molecular weight is 584 g/mol. The molecule has 3 rings (SSSR count). The second kappa shape index (κ2) is 15.2. The Labute approximate surface area is 242 Å². The number of hydrogen-bond donors (Lipinski definition) is 1. The number of likely N-dealkylation sites (N-methyl/N-ethyl adjacent to an activating group) is 1. The number of benzene rings is 3.